The Labute approximate surface area is 78.6 Å². The first-order valence-electron chi connectivity index (χ1n) is 4.67. The van der Waals surface area contributed by atoms with Crippen LogP contribution in [0.15, 0.2) is 0 Å². The van der Waals surface area contributed by atoms with Gasteiger partial charge < -0.3 is 0 Å². The average Bonchev–Trinajstić information content (AvgIpc) is 2.61. The van der Waals surface area contributed by atoms with Crippen molar-refractivity contribution in [3.05, 3.63) is 20.9 Å². The van der Waals surface area contributed by atoms with E-state index < -0.39 is 0 Å². The molecule has 12 heavy (non-hydrogen) atoms. The number of aryl methyl sites for hydroxylation is 2. The first kappa shape index (κ1) is 8.31. The van der Waals surface area contributed by atoms with Crippen molar-refractivity contribution in [1.29, 1.82) is 0 Å². The highest BCUT2D eigenvalue weighted by Gasteiger charge is 2.36. The van der Waals surface area contributed by atoms with E-state index in [1.54, 1.807) is 16.0 Å². The van der Waals surface area contributed by atoms with E-state index in [1.807, 2.05) is 11.3 Å². The second kappa shape index (κ2) is 2.59. The molecule has 0 aliphatic heterocycles. The fraction of sp³-hybridized carbons (Fsp3) is 0.636. The van der Waals surface area contributed by atoms with E-state index in [2.05, 4.69) is 27.7 Å². The van der Waals surface area contributed by atoms with Gasteiger partial charge in [-0.1, -0.05) is 6.92 Å². The summed E-state index contributed by atoms with van der Waals surface area (Å²) in [5.74, 6) is 1.84. The van der Waals surface area contributed by atoms with Crippen molar-refractivity contribution in [3.8, 4) is 0 Å². The maximum absolute atomic E-state index is 2.36. The lowest BCUT2D eigenvalue weighted by atomic mass is 10.0. The van der Waals surface area contributed by atoms with E-state index in [-0.39, 0.29) is 0 Å². The number of hydrogen-bond acceptors (Lipinski definition) is 1. The van der Waals surface area contributed by atoms with Crippen molar-refractivity contribution in [2.45, 2.75) is 40.0 Å². The summed E-state index contributed by atoms with van der Waals surface area (Å²) >= 11 is 1.97. The largest absolute Gasteiger partial charge is 0.145 e. The van der Waals surface area contributed by atoms with Gasteiger partial charge in [-0.3, -0.25) is 0 Å². The zero-order valence-corrected chi connectivity index (χ0v) is 9.09. The zero-order valence-electron chi connectivity index (χ0n) is 8.27. The highest BCUT2D eigenvalue weighted by molar-refractivity contribution is 7.12. The maximum atomic E-state index is 2.36. The van der Waals surface area contributed by atoms with Crippen molar-refractivity contribution in [1.82, 2.24) is 0 Å². The molecule has 1 saturated carbocycles. The number of hydrogen-bond donors (Lipinski definition) is 0. The van der Waals surface area contributed by atoms with Crippen LogP contribution in [0, 0.1) is 26.7 Å². The van der Waals surface area contributed by atoms with Crippen LogP contribution in [0.4, 0.5) is 0 Å². The van der Waals surface area contributed by atoms with Gasteiger partial charge in [0.1, 0.15) is 0 Å². The van der Waals surface area contributed by atoms with Crippen molar-refractivity contribution in [2.24, 2.45) is 5.92 Å². The van der Waals surface area contributed by atoms with Crippen LogP contribution in [0.5, 0.6) is 0 Å². The van der Waals surface area contributed by atoms with Crippen LogP contribution in [0.25, 0.3) is 0 Å². The van der Waals surface area contributed by atoms with Gasteiger partial charge in [0.25, 0.3) is 0 Å². The fourth-order valence-electron chi connectivity index (χ4n) is 2.08. The maximum Gasteiger partial charge on any atom is 0.00547 e. The Hall–Kier alpha value is -0.300. The van der Waals surface area contributed by atoms with Gasteiger partial charge in [-0.25, -0.2) is 0 Å². The van der Waals surface area contributed by atoms with E-state index >= 15 is 0 Å². The summed E-state index contributed by atoms with van der Waals surface area (Å²) in [4.78, 5) is 3.07. The average molecular weight is 180 g/mol. The van der Waals surface area contributed by atoms with Crippen LogP contribution < -0.4 is 0 Å². The quantitative estimate of drug-likeness (QED) is 0.616. The predicted molar refractivity (Wildman–Crippen MR) is 55.1 cm³/mol. The normalized spacial score (nSPS) is 27.7. The van der Waals surface area contributed by atoms with Crippen molar-refractivity contribution in [3.63, 3.8) is 0 Å². The summed E-state index contributed by atoms with van der Waals surface area (Å²) in [6, 6.07) is 0. The van der Waals surface area contributed by atoms with Crippen molar-refractivity contribution in [2.75, 3.05) is 0 Å². The molecular weight excluding hydrogens is 164 g/mol. The van der Waals surface area contributed by atoms with Gasteiger partial charge in [0.2, 0.25) is 0 Å². The van der Waals surface area contributed by atoms with Gasteiger partial charge in [-0.2, -0.15) is 0 Å². The summed E-state index contributed by atoms with van der Waals surface area (Å²) in [5.41, 5.74) is 3.23. The van der Waals surface area contributed by atoms with Gasteiger partial charge in [-0.05, 0) is 50.2 Å². The molecular formula is C11H16S. The molecule has 0 bridgehead atoms. The topological polar surface area (TPSA) is 0 Å². The number of rotatable bonds is 1. The Balaban J connectivity index is 2.42. The van der Waals surface area contributed by atoms with E-state index in [4.69, 9.17) is 0 Å². The minimum Gasteiger partial charge on any atom is -0.145 e. The van der Waals surface area contributed by atoms with Gasteiger partial charge in [0, 0.05) is 9.75 Å². The lowest BCUT2D eigenvalue weighted by Crippen LogP contribution is -1.84. The minimum atomic E-state index is 0.898. The molecule has 2 unspecified atom stereocenters. The molecule has 1 fully saturated rings. The molecule has 2 atom stereocenters. The first-order chi connectivity index (χ1) is 5.61. The van der Waals surface area contributed by atoms with Crippen LogP contribution >= 0.6 is 11.3 Å². The van der Waals surface area contributed by atoms with Crippen LogP contribution in [0.3, 0.4) is 0 Å². The lowest BCUT2D eigenvalue weighted by molar-refractivity contribution is 0.907. The summed E-state index contributed by atoms with van der Waals surface area (Å²) in [5, 5.41) is 0. The van der Waals surface area contributed by atoms with Gasteiger partial charge >= 0.3 is 0 Å². The highest BCUT2D eigenvalue weighted by Crippen LogP contribution is 2.51. The van der Waals surface area contributed by atoms with E-state index in [9.17, 15) is 0 Å². The lowest BCUT2D eigenvalue weighted by Gasteiger charge is -1.99. The third kappa shape index (κ3) is 1.11. The summed E-state index contributed by atoms with van der Waals surface area (Å²) in [6.45, 7) is 9.14. The van der Waals surface area contributed by atoms with E-state index in [0.717, 1.165) is 11.8 Å². The standard InChI is InChI=1S/C11H16S/c1-6-5-10(6)11-7(2)8(3)12-9(11)4/h6,10H,5H2,1-4H3. The molecule has 2 rings (SSSR count). The van der Waals surface area contributed by atoms with E-state index in [1.165, 1.54) is 11.3 Å². The van der Waals surface area contributed by atoms with Crippen LogP contribution in [0.2, 0.25) is 0 Å². The molecule has 0 radical (unpaired) electrons. The summed E-state index contributed by atoms with van der Waals surface area (Å²) < 4.78 is 0. The molecule has 0 N–H and O–H groups in total. The summed E-state index contributed by atoms with van der Waals surface area (Å²) in [7, 11) is 0. The monoisotopic (exact) mass is 180 g/mol. The predicted octanol–water partition coefficient (Wildman–Crippen LogP) is 3.80. The van der Waals surface area contributed by atoms with Gasteiger partial charge in [0.15, 0.2) is 0 Å². The van der Waals surface area contributed by atoms with E-state index in [0.29, 0.717) is 0 Å². The Morgan fingerprint density at radius 2 is 1.75 bits per heavy atom. The summed E-state index contributed by atoms with van der Waals surface area (Å²) in [6.07, 6.45) is 1.41. The molecule has 0 aromatic carbocycles. The van der Waals surface area contributed by atoms with Crippen LogP contribution in [0.1, 0.15) is 40.1 Å². The first-order valence-corrected chi connectivity index (χ1v) is 5.49. The Bertz CT molecular complexity index is 309. The molecule has 1 heteroatoms. The fourth-order valence-corrected chi connectivity index (χ4v) is 3.22. The van der Waals surface area contributed by atoms with Crippen molar-refractivity contribution < 1.29 is 0 Å². The molecule has 0 nitrogen and oxygen atoms in total. The molecule has 1 aromatic heterocycles. The van der Waals surface area contributed by atoms with Crippen LogP contribution in [-0.2, 0) is 0 Å². The SMILES string of the molecule is Cc1sc(C)c(C2CC2C)c1C. The Morgan fingerprint density at radius 1 is 1.17 bits per heavy atom. The Kier molecular flexibility index (Phi) is 1.80. The third-order valence-electron chi connectivity index (χ3n) is 3.10. The number of thiophene rings is 1. The Morgan fingerprint density at radius 3 is 2.08 bits per heavy atom. The molecule has 1 aliphatic carbocycles. The molecule has 1 aromatic rings. The molecule has 0 spiro atoms. The highest BCUT2D eigenvalue weighted by atomic mass is 32.1. The molecule has 1 aliphatic rings. The zero-order chi connectivity index (χ0) is 8.88. The van der Waals surface area contributed by atoms with Gasteiger partial charge in [-0.15, -0.1) is 11.3 Å². The molecule has 0 saturated heterocycles. The molecule has 66 valence electrons. The smallest absolute Gasteiger partial charge is 0.00547 e. The second-order valence-corrected chi connectivity index (χ2v) is 5.50. The van der Waals surface area contributed by atoms with Crippen LogP contribution in [-0.4, -0.2) is 0 Å². The minimum absolute atomic E-state index is 0.898. The second-order valence-electron chi connectivity index (χ2n) is 4.07. The van der Waals surface area contributed by atoms with Gasteiger partial charge in [0.05, 0.1) is 0 Å². The molecule has 1 heterocycles. The molecule has 0 amide bonds. The van der Waals surface area contributed by atoms with Crippen molar-refractivity contribution >= 4 is 11.3 Å². The third-order valence-corrected chi connectivity index (χ3v) is 4.24.